The summed E-state index contributed by atoms with van der Waals surface area (Å²) < 4.78 is 8.90. The van der Waals surface area contributed by atoms with E-state index >= 15 is 0 Å². The van der Waals surface area contributed by atoms with Gasteiger partial charge in [-0.05, 0) is 39.3 Å². The van der Waals surface area contributed by atoms with E-state index in [1.54, 1.807) is 0 Å². The van der Waals surface area contributed by atoms with Gasteiger partial charge in [0.15, 0.2) is 6.20 Å². The number of aromatic nitrogens is 5. The Balaban J connectivity index is 2.00. The van der Waals surface area contributed by atoms with Gasteiger partial charge in [-0.25, -0.2) is 4.98 Å². The Kier molecular flexibility index (Phi) is 3.91. The van der Waals surface area contributed by atoms with Gasteiger partial charge in [0.1, 0.15) is 19.8 Å². The van der Waals surface area contributed by atoms with Crippen LogP contribution in [0.2, 0.25) is 0 Å². The molecule has 0 aromatic carbocycles. The van der Waals surface area contributed by atoms with Crippen molar-refractivity contribution in [2.75, 3.05) is 0 Å². The van der Waals surface area contributed by atoms with Gasteiger partial charge in [0.05, 0.1) is 11.4 Å². The van der Waals surface area contributed by atoms with Crippen LogP contribution in [0.1, 0.15) is 22.6 Å². The molecule has 0 atom stereocenters. The molecule has 0 bridgehead atoms. The summed E-state index contributed by atoms with van der Waals surface area (Å²) in [6.07, 6.45) is 2.12. The first-order valence-corrected chi connectivity index (χ1v) is 9.28. The van der Waals surface area contributed by atoms with Crippen molar-refractivity contribution in [3.8, 4) is 22.8 Å². The second kappa shape index (κ2) is 6.05. The van der Waals surface area contributed by atoms with Crippen LogP contribution in [0, 0.1) is 27.7 Å². The largest absolute Gasteiger partial charge is 0.308 e. The van der Waals surface area contributed by atoms with Crippen LogP contribution in [0.3, 0.4) is 0 Å². The molecule has 0 fully saturated rings. The Morgan fingerprint density at radius 3 is 2.30 bits per heavy atom. The zero-order valence-corrected chi connectivity index (χ0v) is 17.2. The van der Waals surface area contributed by atoms with Gasteiger partial charge in [-0.3, -0.25) is 4.40 Å². The summed E-state index contributed by atoms with van der Waals surface area (Å²) in [5.41, 5.74) is 9.51. The standard InChI is InChI=1S/C22H27N5/c1-14-11-12-24(5)20(13-14)18-9-8-10-19(25(18)6)21-17(4)27-16(3)15(2)23-22(27)26(21)7/h8-13H,1-7H3/q+2. The summed E-state index contributed by atoms with van der Waals surface area (Å²) in [7, 11) is 6.33. The molecule has 0 unspecified atom stereocenters. The molecule has 0 aliphatic rings. The minimum absolute atomic E-state index is 0.990. The summed E-state index contributed by atoms with van der Waals surface area (Å²) in [4.78, 5) is 4.77. The van der Waals surface area contributed by atoms with Crippen LogP contribution in [-0.4, -0.2) is 14.0 Å². The second-order valence-electron chi connectivity index (χ2n) is 7.47. The fourth-order valence-electron chi connectivity index (χ4n) is 4.03. The highest BCUT2D eigenvalue weighted by atomic mass is 15.2. The van der Waals surface area contributed by atoms with E-state index in [-0.39, 0.29) is 0 Å². The molecule has 0 aliphatic carbocycles. The number of aryl methyl sites for hydroxylation is 6. The van der Waals surface area contributed by atoms with Crippen molar-refractivity contribution < 1.29 is 9.13 Å². The Hall–Kier alpha value is -2.95. The molecule has 5 nitrogen and oxygen atoms in total. The predicted molar refractivity (Wildman–Crippen MR) is 106 cm³/mol. The van der Waals surface area contributed by atoms with Crippen molar-refractivity contribution in [2.24, 2.45) is 21.1 Å². The van der Waals surface area contributed by atoms with Gasteiger partial charge >= 0.3 is 0 Å². The topological polar surface area (TPSA) is 30.0 Å². The number of hydrogen-bond acceptors (Lipinski definition) is 1. The number of imidazole rings is 2. The third-order valence-electron chi connectivity index (χ3n) is 5.68. The summed E-state index contributed by atoms with van der Waals surface area (Å²) >= 11 is 0. The summed E-state index contributed by atoms with van der Waals surface area (Å²) in [5, 5.41) is 0. The average molecular weight is 361 g/mol. The number of hydrogen-bond donors (Lipinski definition) is 0. The molecule has 0 spiro atoms. The minimum atomic E-state index is 0.990. The minimum Gasteiger partial charge on any atom is -0.308 e. The van der Waals surface area contributed by atoms with E-state index < -0.39 is 0 Å². The molecule has 5 heteroatoms. The summed E-state index contributed by atoms with van der Waals surface area (Å²) in [6.45, 7) is 8.51. The molecule has 0 N–H and O–H groups in total. The molecular formula is C22H27N5+2. The van der Waals surface area contributed by atoms with Crippen LogP contribution < -0.4 is 9.13 Å². The van der Waals surface area contributed by atoms with Gasteiger partial charge in [0, 0.05) is 37.0 Å². The molecule has 27 heavy (non-hydrogen) atoms. The fourth-order valence-corrected chi connectivity index (χ4v) is 4.03. The molecule has 4 aromatic rings. The van der Waals surface area contributed by atoms with Crippen molar-refractivity contribution in [3.05, 3.63) is 59.2 Å². The Labute approximate surface area is 160 Å². The molecule has 138 valence electrons. The van der Waals surface area contributed by atoms with Crippen LogP contribution in [0.5, 0.6) is 0 Å². The maximum atomic E-state index is 4.77. The average Bonchev–Trinajstić information content (AvgIpc) is 3.06. The van der Waals surface area contributed by atoms with Gasteiger partial charge in [0.25, 0.3) is 11.4 Å². The second-order valence-corrected chi connectivity index (χ2v) is 7.47. The lowest BCUT2D eigenvalue weighted by Crippen LogP contribution is -2.40. The Morgan fingerprint density at radius 1 is 0.889 bits per heavy atom. The first-order valence-electron chi connectivity index (χ1n) is 9.28. The molecule has 0 saturated heterocycles. The van der Waals surface area contributed by atoms with Crippen molar-refractivity contribution in [2.45, 2.75) is 27.7 Å². The van der Waals surface area contributed by atoms with Crippen LogP contribution in [0.15, 0.2) is 36.5 Å². The van der Waals surface area contributed by atoms with E-state index in [9.17, 15) is 0 Å². The molecule has 0 amide bonds. The Bertz CT molecular complexity index is 1190. The highest BCUT2D eigenvalue weighted by Crippen LogP contribution is 2.27. The lowest BCUT2D eigenvalue weighted by atomic mass is 10.1. The maximum Gasteiger partial charge on any atom is 0.277 e. The van der Waals surface area contributed by atoms with Gasteiger partial charge < -0.3 is 4.57 Å². The van der Waals surface area contributed by atoms with Crippen molar-refractivity contribution in [1.29, 1.82) is 0 Å². The third kappa shape index (κ3) is 2.49. The van der Waals surface area contributed by atoms with E-state index in [4.69, 9.17) is 4.98 Å². The highest BCUT2D eigenvalue weighted by Gasteiger charge is 2.27. The van der Waals surface area contributed by atoms with Crippen molar-refractivity contribution in [3.63, 3.8) is 0 Å². The van der Waals surface area contributed by atoms with Crippen LogP contribution in [0.4, 0.5) is 0 Å². The molecule has 0 radical (unpaired) electrons. The molecule has 4 aromatic heterocycles. The first kappa shape index (κ1) is 17.5. The SMILES string of the molecule is Cc1cc[n+](C)c(-c2cccc(-c3c(C)n4c(C)c(C)nc4n3C)[n+]2C)c1. The smallest absolute Gasteiger partial charge is 0.277 e. The predicted octanol–water partition coefficient (Wildman–Crippen LogP) is 2.89. The van der Waals surface area contributed by atoms with E-state index in [2.05, 4.69) is 103 Å². The monoisotopic (exact) mass is 361 g/mol. The highest BCUT2D eigenvalue weighted by molar-refractivity contribution is 5.63. The quantitative estimate of drug-likeness (QED) is 0.505. The lowest BCUT2D eigenvalue weighted by molar-refractivity contribution is -0.685. The molecule has 4 heterocycles. The van der Waals surface area contributed by atoms with Gasteiger partial charge in [-0.2, -0.15) is 9.13 Å². The third-order valence-corrected chi connectivity index (χ3v) is 5.68. The molecule has 4 rings (SSSR count). The number of fused-ring (bicyclic) bond motifs is 1. The first-order chi connectivity index (χ1) is 12.8. The van der Waals surface area contributed by atoms with E-state index in [0.717, 1.165) is 11.5 Å². The molecule has 0 saturated carbocycles. The number of rotatable bonds is 2. The zero-order chi connectivity index (χ0) is 19.5. The van der Waals surface area contributed by atoms with Crippen molar-refractivity contribution in [1.82, 2.24) is 14.0 Å². The molecule has 0 aliphatic heterocycles. The summed E-state index contributed by atoms with van der Waals surface area (Å²) in [5.74, 6) is 0.990. The number of pyridine rings is 2. The normalized spacial score (nSPS) is 11.5. The van der Waals surface area contributed by atoms with Crippen LogP contribution in [0.25, 0.3) is 28.6 Å². The number of nitrogens with zero attached hydrogens (tertiary/aromatic N) is 5. The van der Waals surface area contributed by atoms with Gasteiger partial charge in [-0.1, -0.05) is 0 Å². The Morgan fingerprint density at radius 2 is 1.59 bits per heavy atom. The maximum absolute atomic E-state index is 4.77. The van der Waals surface area contributed by atoms with Crippen LogP contribution in [-0.2, 0) is 21.1 Å². The van der Waals surface area contributed by atoms with E-state index in [1.165, 1.54) is 39.7 Å². The van der Waals surface area contributed by atoms with Gasteiger partial charge in [0.2, 0.25) is 11.5 Å². The van der Waals surface area contributed by atoms with Crippen molar-refractivity contribution >= 4 is 5.78 Å². The zero-order valence-electron chi connectivity index (χ0n) is 17.2. The molecular weight excluding hydrogens is 334 g/mol. The lowest BCUT2D eigenvalue weighted by Gasteiger charge is -2.07. The van der Waals surface area contributed by atoms with Gasteiger partial charge in [-0.15, -0.1) is 0 Å². The summed E-state index contributed by atoms with van der Waals surface area (Å²) in [6, 6.07) is 10.9. The van der Waals surface area contributed by atoms with E-state index in [0.29, 0.717) is 0 Å². The van der Waals surface area contributed by atoms with E-state index in [1.807, 2.05) is 0 Å². The fraction of sp³-hybridized carbons (Fsp3) is 0.318. The van der Waals surface area contributed by atoms with Crippen LogP contribution >= 0.6 is 0 Å².